The van der Waals surface area contributed by atoms with Gasteiger partial charge in [-0.2, -0.15) is 0 Å². The average Bonchev–Trinajstić information content (AvgIpc) is 2.96. The van der Waals surface area contributed by atoms with Crippen LogP contribution in [0.3, 0.4) is 0 Å². The molecule has 0 aromatic carbocycles. The van der Waals surface area contributed by atoms with Gasteiger partial charge in [0.1, 0.15) is 6.54 Å². The van der Waals surface area contributed by atoms with Gasteiger partial charge in [0.25, 0.3) is 11.8 Å². The van der Waals surface area contributed by atoms with Crippen LogP contribution in [0.1, 0.15) is 37.7 Å². The number of nitrogens with one attached hydrogen (secondary N) is 2. The smallest absolute Gasteiger partial charge is 0.325 e. The standard InChI is InChI=1S/C14H20N2O5/c1-4-14(2,3)16-11(17)9-21-12(18)8-15-13(19)10-6-5-7-20-10/h5-7H,4,8-9H2,1-3H3,(H,15,19)(H,16,17). The molecule has 7 heteroatoms. The summed E-state index contributed by atoms with van der Waals surface area (Å²) >= 11 is 0. The molecule has 116 valence electrons. The first-order valence-electron chi connectivity index (χ1n) is 6.62. The Balaban J connectivity index is 2.25. The second kappa shape index (κ2) is 7.47. The zero-order chi connectivity index (χ0) is 15.9. The molecule has 2 amide bonds. The molecule has 0 aliphatic heterocycles. The van der Waals surface area contributed by atoms with Crippen LogP contribution in [0.25, 0.3) is 0 Å². The highest BCUT2D eigenvalue weighted by molar-refractivity contribution is 5.93. The van der Waals surface area contributed by atoms with Crippen molar-refractivity contribution < 1.29 is 23.5 Å². The minimum atomic E-state index is -0.695. The molecule has 1 heterocycles. The van der Waals surface area contributed by atoms with Crippen LogP contribution in [0, 0.1) is 0 Å². The van der Waals surface area contributed by atoms with Gasteiger partial charge in [0.05, 0.1) is 6.26 Å². The van der Waals surface area contributed by atoms with Gasteiger partial charge in [-0.1, -0.05) is 6.92 Å². The highest BCUT2D eigenvalue weighted by Crippen LogP contribution is 2.06. The molecule has 0 saturated heterocycles. The molecule has 21 heavy (non-hydrogen) atoms. The lowest BCUT2D eigenvalue weighted by atomic mass is 10.0. The Kier molecular flexibility index (Phi) is 5.95. The van der Waals surface area contributed by atoms with E-state index in [1.54, 1.807) is 6.07 Å². The van der Waals surface area contributed by atoms with Crippen molar-refractivity contribution in [2.75, 3.05) is 13.2 Å². The minimum Gasteiger partial charge on any atom is -0.459 e. The monoisotopic (exact) mass is 296 g/mol. The van der Waals surface area contributed by atoms with Gasteiger partial charge in [-0.25, -0.2) is 0 Å². The summed E-state index contributed by atoms with van der Waals surface area (Å²) in [5, 5.41) is 5.06. The van der Waals surface area contributed by atoms with Crippen molar-refractivity contribution >= 4 is 17.8 Å². The summed E-state index contributed by atoms with van der Waals surface area (Å²) in [5.74, 6) is -1.49. The summed E-state index contributed by atoms with van der Waals surface area (Å²) in [6, 6.07) is 3.04. The van der Waals surface area contributed by atoms with E-state index in [2.05, 4.69) is 10.6 Å². The molecule has 0 spiro atoms. The van der Waals surface area contributed by atoms with Crippen molar-refractivity contribution in [3.05, 3.63) is 24.2 Å². The van der Waals surface area contributed by atoms with Gasteiger partial charge < -0.3 is 19.8 Å². The van der Waals surface area contributed by atoms with Gasteiger partial charge >= 0.3 is 5.97 Å². The Morgan fingerprint density at radius 2 is 2.05 bits per heavy atom. The third-order valence-electron chi connectivity index (χ3n) is 2.86. The van der Waals surface area contributed by atoms with Crippen LogP contribution in [0.2, 0.25) is 0 Å². The number of esters is 1. The van der Waals surface area contributed by atoms with E-state index in [9.17, 15) is 14.4 Å². The van der Waals surface area contributed by atoms with Crippen molar-refractivity contribution in [2.24, 2.45) is 0 Å². The molecule has 0 bridgehead atoms. The van der Waals surface area contributed by atoms with Crippen LogP contribution in [0.4, 0.5) is 0 Å². The summed E-state index contributed by atoms with van der Waals surface area (Å²) in [6.45, 7) is 4.98. The fourth-order valence-electron chi connectivity index (χ4n) is 1.35. The predicted octanol–water partition coefficient (Wildman–Crippen LogP) is 0.857. The molecular formula is C14H20N2O5. The first kappa shape index (κ1) is 16.7. The molecule has 1 aromatic heterocycles. The van der Waals surface area contributed by atoms with Crippen LogP contribution in [-0.4, -0.2) is 36.5 Å². The Labute approximate surface area is 123 Å². The summed E-state index contributed by atoms with van der Waals surface area (Å²) < 4.78 is 9.63. The second-order valence-electron chi connectivity index (χ2n) is 5.11. The van der Waals surface area contributed by atoms with Crippen LogP contribution < -0.4 is 10.6 Å². The van der Waals surface area contributed by atoms with E-state index in [4.69, 9.17) is 9.15 Å². The molecule has 0 aliphatic carbocycles. The zero-order valence-electron chi connectivity index (χ0n) is 12.4. The molecule has 0 atom stereocenters. The molecule has 2 N–H and O–H groups in total. The van der Waals surface area contributed by atoms with Gasteiger partial charge in [-0.05, 0) is 32.4 Å². The molecule has 0 fully saturated rings. The van der Waals surface area contributed by atoms with E-state index in [1.807, 2.05) is 20.8 Å². The lowest BCUT2D eigenvalue weighted by Gasteiger charge is -2.24. The summed E-state index contributed by atoms with van der Waals surface area (Å²) in [7, 11) is 0. The van der Waals surface area contributed by atoms with Gasteiger partial charge in [0.2, 0.25) is 0 Å². The summed E-state index contributed by atoms with van der Waals surface area (Å²) in [4.78, 5) is 34.4. The Morgan fingerprint density at radius 3 is 2.62 bits per heavy atom. The quantitative estimate of drug-likeness (QED) is 0.727. The number of amides is 2. The minimum absolute atomic E-state index is 0.102. The maximum absolute atomic E-state index is 11.6. The lowest BCUT2D eigenvalue weighted by molar-refractivity contribution is -0.148. The van der Waals surface area contributed by atoms with Crippen LogP contribution in [0.15, 0.2) is 22.8 Å². The number of furan rings is 1. The number of carbonyl (C=O) groups is 3. The van der Waals surface area contributed by atoms with E-state index in [-0.39, 0.29) is 30.4 Å². The third kappa shape index (κ3) is 6.11. The van der Waals surface area contributed by atoms with Gasteiger partial charge in [0.15, 0.2) is 12.4 Å². The Morgan fingerprint density at radius 1 is 1.33 bits per heavy atom. The normalized spacial score (nSPS) is 10.8. The highest BCUT2D eigenvalue weighted by atomic mass is 16.5. The van der Waals surface area contributed by atoms with Gasteiger partial charge in [0, 0.05) is 5.54 Å². The van der Waals surface area contributed by atoms with Crippen molar-refractivity contribution in [3.8, 4) is 0 Å². The molecule has 0 radical (unpaired) electrons. The first-order chi connectivity index (χ1) is 9.84. The maximum atomic E-state index is 11.6. The fraction of sp³-hybridized carbons (Fsp3) is 0.500. The molecular weight excluding hydrogens is 276 g/mol. The van der Waals surface area contributed by atoms with Crippen LogP contribution in [0.5, 0.6) is 0 Å². The number of hydrogen-bond acceptors (Lipinski definition) is 5. The largest absolute Gasteiger partial charge is 0.459 e. The number of ether oxygens (including phenoxy) is 1. The second-order valence-corrected chi connectivity index (χ2v) is 5.11. The number of hydrogen-bond donors (Lipinski definition) is 2. The first-order valence-corrected chi connectivity index (χ1v) is 6.62. The zero-order valence-corrected chi connectivity index (χ0v) is 12.4. The van der Waals surface area contributed by atoms with Crippen molar-refractivity contribution in [1.82, 2.24) is 10.6 Å². The van der Waals surface area contributed by atoms with Gasteiger partial charge in [-0.15, -0.1) is 0 Å². The van der Waals surface area contributed by atoms with Gasteiger partial charge in [-0.3, -0.25) is 14.4 Å². The van der Waals surface area contributed by atoms with Crippen molar-refractivity contribution in [1.29, 1.82) is 0 Å². The predicted molar refractivity (Wildman–Crippen MR) is 74.5 cm³/mol. The van der Waals surface area contributed by atoms with E-state index >= 15 is 0 Å². The lowest BCUT2D eigenvalue weighted by Crippen LogP contribution is -2.45. The average molecular weight is 296 g/mol. The fourth-order valence-corrected chi connectivity index (χ4v) is 1.35. The van der Waals surface area contributed by atoms with Crippen molar-refractivity contribution in [3.63, 3.8) is 0 Å². The molecule has 0 unspecified atom stereocenters. The van der Waals surface area contributed by atoms with Crippen molar-refractivity contribution in [2.45, 2.75) is 32.7 Å². The van der Waals surface area contributed by atoms with E-state index in [0.717, 1.165) is 6.42 Å². The number of carbonyl (C=O) groups excluding carboxylic acids is 3. The van der Waals surface area contributed by atoms with Crippen LogP contribution >= 0.6 is 0 Å². The van der Waals surface area contributed by atoms with E-state index in [1.165, 1.54) is 12.3 Å². The molecule has 1 rings (SSSR count). The maximum Gasteiger partial charge on any atom is 0.325 e. The third-order valence-corrected chi connectivity index (χ3v) is 2.86. The molecule has 1 aromatic rings. The SMILES string of the molecule is CCC(C)(C)NC(=O)COC(=O)CNC(=O)c1ccco1. The number of rotatable bonds is 7. The highest BCUT2D eigenvalue weighted by Gasteiger charge is 2.19. The molecule has 0 aliphatic rings. The summed E-state index contributed by atoms with van der Waals surface area (Å²) in [6.07, 6.45) is 2.11. The van der Waals surface area contributed by atoms with E-state index < -0.39 is 11.9 Å². The summed E-state index contributed by atoms with van der Waals surface area (Å²) in [5.41, 5.74) is -0.350. The molecule has 7 nitrogen and oxygen atoms in total. The van der Waals surface area contributed by atoms with E-state index in [0.29, 0.717) is 0 Å². The topological polar surface area (TPSA) is 97.6 Å². The Hall–Kier alpha value is -2.31. The Bertz CT molecular complexity index is 493. The van der Waals surface area contributed by atoms with Crippen LogP contribution in [-0.2, 0) is 14.3 Å². The molecule has 0 saturated carbocycles.